The molecule has 0 aliphatic carbocycles. The van der Waals surface area contributed by atoms with Gasteiger partial charge in [0.05, 0.1) is 0 Å². The minimum absolute atomic E-state index is 0.467. The summed E-state index contributed by atoms with van der Waals surface area (Å²) < 4.78 is 51.5. The van der Waals surface area contributed by atoms with Gasteiger partial charge in [0, 0.05) is 5.56 Å². The van der Waals surface area contributed by atoms with Crippen LogP contribution in [0, 0.1) is 17.5 Å². The molecular formula is C9H6F4O2. The van der Waals surface area contributed by atoms with Gasteiger partial charge in [-0.3, -0.25) is 0 Å². The first-order valence-electron chi connectivity index (χ1n) is 3.84. The maximum Gasteiger partial charge on any atom is 0.346 e. The van der Waals surface area contributed by atoms with E-state index in [0.717, 1.165) is 0 Å². The Kier molecular flexibility index (Phi) is 2.70. The second-order valence-electron chi connectivity index (χ2n) is 3.03. The number of carboxylic acid groups (broad SMARTS) is 1. The van der Waals surface area contributed by atoms with Crippen molar-refractivity contribution in [3.8, 4) is 0 Å². The minimum Gasteiger partial charge on any atom is -0.479 e. The molecule has 1 rings (SSSR count). The van der Waals surface area contributed by atoms with Crippen LogP contribution in [-0.2, 0) is 10.5 Å². The van der Waals surface area contributed by atoms with Crippen molar-refractivity contribution in [1.29, 1.82) is 0 Å². The third-order valence-electron chi connectivity index (χ3n) is 1.94. The van der Waals surface area contributed by atoms with E-state index in [-0.39, 0.29) is 0 Å². The predicted octanol–water partition coefficient (Wildman–Crippen LogP) is 2.37. The van der Waals surface area contributed by atoms with Crippen molar-refractivity contribution in [3.63, 3.8) is 0 Å². The lowest BCUT2D eigenvalue weighted by Crippen LogP contribution is -2.28. The molecule has 0 radical (unpaired) electrons. The zero-order chi connectivity index (χ0) is 11.8. The predicted molar refractivity (Wildman–Crippen MR) is 42.4 cm³/mol. The van der Waals surface area contributed by atoms with Gasteiger partial charge in [0.15, 0.2) is 17.5 Å². The number of carboxylic acids is 1. The maximum atomic E-state index is 13.4. The smallest absolute Gasteiger partial charge is 0.346 e. The standard InChI is InChI=1S/C9H6F4O2/c1-9(13,8(14)15)4-2-3-5(10)7(12)6(4)11/h2-3H,1H3,(H,14,15). The fourth-order valence-corrected chi connectivity index (χ4v) is 1.00. The Morgan fingerprint density at radius 3 is 2.27 bits per heavy atom. The van der Waals surface area contributed by atoms with E-state index in [4.69, 9.17) is 5.11 Å². The van der Waals surface area contributed by atoms with Gasteiger partial charge in [0.1, 0.15) is 0 Å². The molecule has 1 aromatic rings. The van der Waals surface area contributed by atoms with Gasteiger partial charge in [-0.05, 0) is 19.1 Å². The van der Waals surface area contributed by atoms with Crippen LogP contribution < -0.4 is 0 Å². The Morgan fingerprint density at radius 1 is 1.27 bits per heavy atom. The average molecular weight is 222 g/mol. The summed E-state index contributed by atoms with van der Waals surface area (Å²) in [5.74, 6) is -7.20. The minimum atomic E-state index is -3.10. The molecule has 0 saturated heterocycles. The summed E-state index contributed by atoms with van der Waals surface area (Å²) in [4.78, 5) is 10.4. The first-order chi connectivity index (χ1) is 6.78. The number of alkyl halides is 1. The van der Waals surface area contributed by atoms with Gasteiger partial charge in [-0.15, -0.1) is 0 Å². The van der Waals surface area contributed by atoms with Crippen LogP contribution in [0.15, 0.2) is 12.1 Å². The van der Waals surface area contributed by atoms with E-state index in [1.165, 1.54) is 0 Å². The molecule has 15 heavy (non-hydrogen) atoms. The molecule has 1 unspecified atom stereocenters. The van der Waals surface area contributed by atoms with Crippen molar-refractivity contribution in [1.82, 2.24) is 0 Å². The van der Waals surface area contributed by atoms with Gasteiger partial charge < -0.3 is 5.11 Å². The lowest BCUT2D eigenvalue weighted by atomic mass is 9.97. The van der Waals surface area contributed by atoms with Crippen LogP contribution in [-0.4, -0.2) is 11.1 Å². The molecule has 0 aliphatic rings. The van der Waals surface area contributed by atoms with Crippen LogP contribution in [0.4, 0.5) is 17.6 Å². The van der Waals surface area contributed by atoms with Gasteiger partial charge in [-0.2, -0.15) is 0 Å². The van der Waals surface area contributed by atoms with Gasteiger partial charge in [0.25, 0.3) is 0 Å². The van der Waals surface area contributed by atoms with Crippen LogP contribution in [0.5, 0.6) is 0 Å². The average Bonchev–Trinajstić information content (AvgIpc) is 2.13. The molecule has 0 aromatic heterocycles. The van der Waals surface area contributed by atoms with Crippen molar-refractivity contribution in [2.75, 3.05) is 0 Å². The number of hydrogen-bond acceptors (Lipinski definition) is 1. The summed E-state index contributed by atoms with van der Waals surface area (Å²) >= 11 is 0. The molecule has 2 nitrogen and oxygen atoms in total. The van der Waals surface area contributed by atoms with Crippen molar-refractivity contribution in [3.05, 3.63) is 35.1 Å². The van der Waals surface area contributed by atoms with E-state index in [9.17, 15) is 22.4 Å². The number of halogens is 4. The fourth-order valence-electron chi connectivity index (χ4n) is 1.00. The van der Waals surface area contributed by atoms with Gasteiger partial charge in [-0.25, -0.2) is 22.4 Å². The second-order valence-corrected chi connectivity index (χ2v) is 3.03. The summed E-state index contributed by atoms with van der Waals surface area (Å²) in [5, 5.41) is 8.42. The maximum absolute atomic E-state index is 13.4. The second kappa shape index (κ2) is 3.52. The number of rotatable bonds is 2. The molecule has 0 spiro atoms. The van der Waals surface area contributed by atoms with Crippen molar-refractivity contribution < 1.29 is 27.5 Å². The number of carbonyl (C=O) groups is 1. The van der Waals surface area contributed by atoms with E-state index in [1.807, 2.05) is 0 Å². The Balaban J connectivity index is 3.40. The summed E-state index contributed by atoms with van der Waals surface area (Å²) in [6.07, 6.45) is 0. The van der Waals surface area contributed by atoms with E-state index in [0.29, 0.717) is 19.1 Å². The lowest BCUT2D eigenvalue weighted by Gasteiger charge is -2.16. The zero-order valence-electron chi connectivity index (χ0n) is 7.52. The van der Waals surface area contributed by atoms with E-state index in [1.54, 1.807) is 0 Å². The Morgan fingerprint density at radius 2 is 1.80 bits per heavy atom. The van der Waals surface area contributed by atoms with Gasteiger partial charge in [-0.1, -0.05) is 0 Å². The van der Waals surface area contributed by atoms with Crippen molar-refractivity contribution in [2.24, 2.45) is 0 Å². The molecule has 6 heteroatoms. The van der Waals surface area contributed by atoms with Crippen LogP contribution in [0.3, 0.4) is 0 Å². The molecule has 1 N–H and O–H groups in total. The summed E-state index contributed by atoms with van der Waals surface area (Å²) in [6.45, 7) is 0.547. The molecule has 0 saturated carbocycles. The first kappa shape index (κ1) is 11.5. The quantitative estimate of drug-likeness (QED) is 0.616. The number of hydrogen-bond donors (Lipinski definition) is 1. The lowest BCUT2D eigenvalue weighted by molar-refractivity contribution is -0.150. The van der Waals surface area contributed by atoms with Crippen molar-refractivity contribution >= 4 is 5.97 Å². The highest BCUT2D eigenvalue weighted by molar-refractivity contribution is 5.78. The molecule has 0 amide bonds. The normalized spacial score (nSPS) is 14.7. The fraction of sp³-hybridized carbons (Fsp3) is 0.222. The molecule has 82 valence electrons. The van der Waals surface area contributed by atoms with Gasteiger partial charge in [0.2, 0.25) is 5.67 Å². The Bertz CT molecular complexity index is 415. The SMILES string of the molecule is CC(F)(C(=O)O)c1ccc(F)c(F)c1F. The number of benzene rings is 1. The Hall–Kier alpha value is -1.59. The van der Waals surface area contributed by atoms with Crippen LogP contribution >= 0.6 is 0 Å². The monoisotopic (exact) mass is 222 g/mol. The molecule has 1 atom stereocenters. The van der Waals surface area contributed by atoms with Crippen LogP contribution in [0.25, 0.3) is 0 Å². The van der Waals surface area contributed by atoms with Gasteiger partial charge >= 0.3 is 5.97 Å². The summed E-state index contributed by atoms with van der Waals surface area (Å²) in [7, 11) is 0. The van der Waals surface area contributed by atoms with E-state index >= 15 is 0 Å². The molecule has 1 aromatic carbocycles. The van der Waals surface area contributed by atoms with Crippen molar-refractivity contribution in [2.45, 2.75) is 12.6 Å². The molecular weight excluding hydrogens is 216 g/mol. The molecule has 0 aliphatic heterocycles. The first-order valence-corrected chi connectivity index (χ1v) is 3.84. The molecule has 0 bridgehead atoms. The number of aliphatic carboxylic acids is 1. The third-order valence-corrected chi connectivity index (χ3v) is 1.94. The van der Waals surface area contributed by atoms with Crippen LogP contribution in [0.2, 0.25) is 0 Å². The Labute approximate surface area is 82.1 Å². The van der Waals surface area contributed by atoms with E-state index < -0.39 is 34.7 Å². The highest BCUT2D eigenvalue weighted by atomic mass is 19.2. The zero-order valence-corrected chi connectivity index (χ0v) is 7.52. The summed E-state index contributed by atoms with van der Waals surface area (Å²) in [6, 6.07) is 1.02. The topological polar surface area (TPSA) is 37.3 Å². The highest BCUT2D eigenvalue weighted by Gasteiger charge is 2.39. The highest BCUT2D eigenvalue weighted by Crippen LogP contribution is 2.29. The molecule has 0 heterocycles. The third kappa shape index (κ3) is 1.79. The largest absolute Gasteiger partial charge is 0.479 e. The van der Waals surface area contributed by atoms with E-state index in [2.05, 4.69) is 0 Å². The summed E-state index contributed by atoms with van der Waals surface area (Å²) in [5.41, 5.74) is -4.15. The van der Waals surface area contributed by atoms with Crippen LogP contribution in [0.1, 0.15) is 12.5 Å². The molecule has 0 fully saturated rings.